The fourth-order valence-electron chi connectivity index (χ4n) is 4.35. The van der Waals surface area contributed by atoms with E-state index in [-0.39, 0.29) is 18.5 Å². The van der Waals surface area contributed by atoms with Crippen LogP contribution in [0, 0.1) is 0 Å². The number of allylic oxidation sites excluding steroid dienone is 14. The van der Waals surface area contributed by atoms with E-state index in [9.17, 15) is 9.59 Å². The van der Waals surface area contributed by atoms with Gasteiger partial charge < -0.3 is 9.47 Å². The van der Waals surface area contributed by atoms with Gasteiger partial charge in [0.25, 0.3) is 0 Å². The average molecular weight is 623 g/mol. The Bertz CT molecular complexity index is 887. The largest absolute Gasteiger partial charge is 0.462 e. The lowest BCUT2D eigenvalue weighted by Gasteiger charge is -2.13. The number of esters is 2. The molecule has 0 bridgehead atoms. The topological polar surface area (TPSA) is 52.6 Å². The van der Waals surface area contributed by atoms with E-state index >= 15 is 0 Å². The molecule has 1 atom stereocenters. The van der Waals surface area contributed by atoms with Crippen LogP contribution in [0.1, 0.15) is 149 Å². The molecule has 4 nitrogen and oxygen atoms in total. The van der Waals surface area contributed by atoms with Gasteiger partial charge >= 0.3 is 11.9 Å². The molecule has 4 heteroatoms. The van der Waals surface area contributed by atoms with Crippen LogP contribution in [0.15, 0.2) is 85.1 Å². The Balaban J connectivity index is 3.67. The number of unbranched alkanes of at least 4 members (excludes halogenated alkanes) is 9. The summed E-state index contributed by atoms with van der Waals surface area (Å²) in [5.41, 5.74) is 0. The van der Waals surface area contributed by atoms with Gasteiger partial charge in [-0.05, 0) is 96.8 Å². The van der Waals surface area contributed by atoms with Gasteiger partial charge in [-0.15, -0.1) is 0 Å². The quantitative estimate of drug-likeness (QED) is 0.0454. The third-order valence-electron chi connectivity index (χ3n) is 7.04. The second-order valence-corrected chi connectivity index (χ2v) is 11.6. The van der Waals surface area contributed by atoms with Crippen molar-refractivity contribution >= 4 is 11.9 Å². The van der Waals surface area contributed by atoms with Gasteiger partial charge in [-0.25, -0.2) is 0 Å². The summed E-state index contributed by atoms with van der Waals surface area (Å²) in [6.07, 6.45) is 50.6. The van der Waals surface area contributed by atoms with E-state index in [2.05, 4.69) is 98.9 Å². The Labute approximate surface area is 277 Å². The molecule has 0 aromatic rings. The van der Waals surface area contributed by atoms with Gasteiger partial charge in [0.15, 0.2) is 0 Å². The molecule has 254 valence electrons. The fourth-order valence-corrected chi connectivity index (χ4v) is 4.35. The van der Waals surface area contributed by atoms with Gasteiger partial charge in [0.05, 0.1) is 0 Å². The molecule has 0 aliphatic carbocycles. The number of carbonyl (C=O) groups excluding carboxylic acids is 2. The molecule has 0 N–H and O–H groups in total. The number of rotatable bonds is 30. The van der Waals surface area contributed by atoms with Crippen LogP contribution in [0.3, 0.4) is 0 Å². The van der Waals surface area contributed by atoms with Crippen molar-refractivity contribution in [2.24, 2.45) is 0 Å². The summed E-state index contributed by atoms with van der Waals surface area (Å²) < 4.78 is 10.7. The highest BCUT2D eigenvalue weighted by molar-refractivity contribution is 5.70. The summed E-state index contributed by atoms with van der Waals surface area (Å²) in [7, 11) is 0. The number of hydrogen-bond donors (Lipinski definition) is 0. The van der Waals surface area contributed by atoms with Crippen LogP contribution in [0.4, 0.5) is 0 Å². The highest BCUT2D eigenvalue weighted by atomic mass is 16.6. The molecule has 0 aliphatic heterocycles. The normalized spacial score (nSPS) is 13.2. The number of carbonyl (C=O) groups is 2. The van der Waals surface area contributed by atoms with Gasteiger partial charge in [0.2, 0.25) is 0 Å². The van der Waals surface area contributed by atoms with Crippen LogP contribution in [0.2, 0.25) is 0 Å². The maximum Gasteiger partial charge on any atom is 0.306 e. The van der Waals surface area contributed by atoms with Crippen LogP contribution in [0.25, 0.3) is 0 Å². The monoisotopic (exact) mass is 622 g/mol. The molecule has 0 radical (unpaired) electrons. The predicted octanol–water partition coefficient (Wildman–Crippen LogP) is 12.2. The van der Waals surface area contributed by atoms with Crippen molar-refractivity contribution in [2.75, 3.05) is 6.61 Å². The number of hydrogen-bond acceptors (Lipinski definition) is 4. The summed E-state index contributed by atoms with van der Waals surface area (Å²) >= 11 is 0. The third-order valence-corrected chi connectivity index (χ3v) is 7.04. The molecule has 0 aliphatic rings. The molecular formula is C41H66O4. The summed E-state index contributed by atoms with van der Waals surface area (Å²) in [5.74, 6) is -0.469. The minimum atomic E-state index is -0.423. The maximum absolute atomic E-state index is 12.1. The Morgan fingerprint density at radius 3 is 1.24 bits per heavy atom. The van der Waals surface area contributed by atoms with E-state index in [0.717, 1.165) is 64.2 Å². The zero-order valence-corrected chi connectivity index (χ0v) is 29.1. The van der Waals surface area contributed by atoms with Crippen molar-refractivity contribution in [3.8, 4) is 0 Å². The van der Waals surface area contributed by atoms with E-state index < -0.39 is 6.10 Å². The van der Waals surface area contributed by atoms with Gasteiger partial charge in [0, 0.05) is 12.8 Å². The van der Waals surface area contributed by atoms with E-state index in [0.29, 0.717) is 12.8 Å². The van der Waals surface area contributed by atoms with Gasteiger partial charge in [-0.2, -0.15) is 0 Å². The summed E-state index contributed by atoms with van der Waals surface area (Å²) in [6, 6.07) is 0. The first kappa shape index (κ1) is 42.1. The van der Waals surface area contributed by atoms with Crippen molar-refractivity contribution in [2.45, 2.75) is 155 Å². The lowest BCUT2D eigenvalue weighted by molar-refractivity contribution is -0.158. The Morgan fingerprint density at radius 2 is 0.822 bits per heavy atom. The average Bonchev–Trinajstić information content (AvgIpc) is 3.03. The summed E-state index contributed by atoms with van der Waals surface area (Å²) in [4.78, 5) is 24.1. The van der Waals surface area contributed by atoms with Crippen LogP contribution >= 0.6 is 0 Å². The van der Waals surface area contributed by atoms with Crippen LogP contribution < -0.4 is 0 Å². The molecule has 0 amide bonds. The van der Waals surface area contributed by atoms with Crippen LogP contribution in [-0.4, -0.2) is 24.6 Å². The molecule has 0 fully saturated rings. The standard InChI is InChI=1S/C41H66O4/c1-4-6-8-10-12-14-16-18-20-21-23-24-26-28-30-32-34-36-40(42)44-38-39(3)45-41(43)37-35-33-31-29-27-25-22-19-17-15-13-11-9-7-5-2/h12-15,18-20,22-24,27-30,39H,4-11,16-17,21,25-26,31-38H2,1-3H3/t39-/m0/s1. The first-order valence-corrected chi connectivity index (χ1v) is 18.0. The van der Waals surface area contributed by atoms with E-state index in [1.54, 1.807) is 6.92 Å². The lowest BCUT2D eigenvalue weighted by Crippen LogP contribution is -2.22. The predicted molar refractivity (Wildman–Crippen MR) is 194 cm³/mol. The zero-order valence-electron chi connectivity index (χ0n) is 29.1. The smallest absolute Gasteiger partial charge is 0.306 e. The molecule has 0 aromatic heterocycles. The molecule has 0 saturated carbocycles. The molecule has 0 saturated heterocycles. The summed E-state index contributed by atoms with van der Waals surface area (Å²) in [5, 5.41) is 0. The lowest BCUT2D eigenvalue weighted by atomic mass is 10.1. The van der Waals surface area contributed by atoms with Crippen molar-refractivity contribution in [3.63, 3.8) is 0 Å². The summed E-state index contributed by atoms with van der Waals surface area (Å²) in [6.45, 7) is 6.34. The second-order valence-electron chi connectivity index (χ2n) is 11.6. The van der Waals surface area contributed by atoms with Gasteiger partial charge in [-0.1, -0.05) is 125 Å². The molecule has 0 unspecified atom stereocenters. The first-order chi connectivity index (χ1) is 22.1. The van der Waals surface area contributed by atoms with Crippen molar-refractivity contribution < 1.29 is 19.1 Å². The van der Waals surface area contributed by atoms with Crippen molar-refractivity contribution in [3.05, 3.63) is 85.1 Å². The van der Waals surface area contributed by atoms with Crippen LogP contribution in [-0.2, 0) is 19.1 Å². The molecular weight excluding hydrogens is 556 g/mol. The molecule has 0 spiro atoms. The van der Waals surface area contributed by atoms with Gasteiger partial charge in [0.1, 0.15) is 12.7 Å². The fraction of sp³-hybridized carbons (Fsp3) is 0.610. The minimum absolute atomic E-state index is 0.111. The van der Waals surface area contributed by atoms with E-state index in [1.807, 2.05) is 0 Å². The molecule has 0 rings (SSSR count). The van der Waals surface area contributed by atoms with E-state index in [1.165, 1.54) is 51.4 Å². The van der Waals surface area contributed by atoms with E-state index in [4.69, 9.17) is 9.47 Å². The Kier molecular flexibility index (Phi) is 33.3. The second kappa shape index (κ2) is 35.6. The first-order valence-electron chi connectivity index (χ1n) is 18.0. The van der Waals surface area contributed by atoms with Crippen molar-refractivity contribution in [1.82, 2.24) is 0 Å². The SMILES string of the molecule is CCCCCC=CCC=CCC=CCC=CCCCC(=O)OC[C@H](C)OC(=O)CCCCC=CCC=CCC=CCCCCC. The minimum Gasteiger partial charge on any atom is -0.462 e. The molecule has 0 heterocycles. The highest BCUT2D eigenvalue weighted by Crippen LogP contribution is 2.07. The zero-order chi connectivity index (χ0) is 32.9. The Hall–Kier alpha value is -2.88. The van der Waals surface area contributed by atoms with Crippen molar-refractivity contribution in [1.29, 1.82) is 0 Å². The van der Waals surface area contributed by atoms with Gasteiger partial charge in [-0.3, -0.25) is 9.59 Å². The van der Waals surface area contributed by atoms with Crippen LogP contribution in [0.5, 0.6) is 0 Å². The Morgan fingerprint density at radius 1 is 0.467 bits per heavy atom. The number of ether oxygens (including phenoxy) is 2. The highest BCUT2D eigenvalue weighted by Gasteiger charge is 2.12. The third kappa shape index (κ3) is 35.5. The maximum atomic E-state index is 12.1. The molecule has 45 heavy (non-hydrogen) atoms. The molecule has 0 aromatic carbocycles.